The van der Waals surface area contributed by atoms with Crippen molar-refractivity contribution in [3.63, 3.8) is 0 Å². The summed E-state index contributed by atoms with van der Waals surface area (Å²) in [5.41, 5.74) is 7.69. The molecule has 5 N–H and O–H groups in total. The number of nitrogens with zero attached hydrogens (tertiary/aromatic N) is 1. The number of likely N-dealkylation sites (tertiary alicyclic amines) is 1. The van der Waals surface area contributed by atoms with Crippen LogP contribution in [0, 0.1) is 5.92 Å². The predicted octanol–water partition coefficient (Wildman–Crippen LogP) is 2.07. The van der Waals surface area contributed by atoms with Gasteiger partial charge in [0.1, 0.15) is 5.54 Å². The first kappa shape index (κ1) is 20.6. The van der Waals surface area contributed by atoms with E-state index in [0.717, 1.165) is 30.8 Å². The van der Waals surface area contributed by atoms with Gasteiger partial charge in [-0.15, -0.1) is 0 Å². The molecular weight excluding hydrogens is 366 g/mol. The second-order valence-electron chi connectivity index (χ2n) is 7.95. The maximum atomic E-state index is 11.9. The van der Waals surface area contributed by atoms with Gasteiger partial charge in [0.15, 0.2) is 0 Å². The van der Waals surface area contributed by atoms with Crippen molar-refractivity contribution in [1.82, 2.24) is 4.90 Å². The number of carbonyl (C=O) groups is 1. The third-order valence-electron chi connectivity index (χ3n) is 6.24. The Bertz CT molecular complexity index is 690. The molecule has 1 aliphatic heterocycles. The molecule has 0 saturated carbocycles. The maximum absolute atomic E-state index is 11.9. The Morgan fingerprint density at radius 3 is 2.81 bits per heavy atom. The van der Waals surface area contributed by atoms with E-state index in [-0.39, 0.29) is 12.2 Å². The summed E-state index contributed by atoms with van der Waals surface area (Å²) in [6.45, 7) is 1.52. The third-order valence-corrected chi connectivity index (χ3v) is 6.48. The van der Waals surface area contributed by atoms with Gasteiger partial charge in [0.25, 0.3) is 0 Å². The van der Waals surface area contributed by atoms with E-state index in [9.17, 15) is 9.90 Å². The number of unbranched alkanes of at least 4 members (excludes halogenated alkanes) is 1. The van der Waals surface area contributed by atoms with Crippen molar-refractivity contribution in [2.45, 2.75) is 56.4 Å². The number of carboxylic acids is 1. The molecule has 2 aliphatic rings. The maximum Gasteiger partial charge on any atom is 0.451 e. The van der Waals surface area contributed by atoms with Crippen LogP contribution in [0.4, 0.5) is 0 Å². The third kappa shape index (κ3) is 4.49. The molecule has 0 spiro atoms. The van der Waals surface area contributed by atoms with Crippen molar-refractivity contribution < 1.29 is 19.9 Å². The fraction of sp³-hybridized carbons (Fsp3) is 0.632. The summed E-state index contributed by atoms with van der Waals surface area (Å²) in [7, 11) is -1.35. The van der Waals surface area contributed by atoms with Crippen LogP contribution in [0.5, 0.6) is 0 Å². The molecule has 27 heavy (non-hydrogen) atoms. The predicted molar refractivity (Wildman–Crippen MR) is 106 cm³/mol. The largest absolute Gasteiger partial charge is 0.480 e. The number of aryl methyl sites for hydroxylation is 1. The minimum absolute atomic E-state index is 0.106. The number of hydrogen-bond donors (Lipinski definition) is 4. The first-order valence-corrected chi connectivity index (χ1v) is 10.1. The average molecular weight is 395 g/mol. The topological polar surface area (TPSA) is 107 Å². The highest BCUT2D eigenvalue weighted by atomic mass is 35.5. The lowest BCUT2D eigenvalue weighted by molar-refractivity contribution is -0.146. The fourth-order valence-corrected chi connectivity index (χ4v) is 4.86. The zero-order valence-corrected chi connectivity index (χ0v) is 16.2. The number of nitrogens with two attached hydrogens (primary N) is 1. The Morgan fingerprint density at radius 1 is 1.33 bits per heavy atom. The van der Waals surface area contributed by atoms with E-state index >= 15 is 0 Å². The Kier molecular flexibility index (Phi) is 6.48. The number of fused-ring (bicyclic) bond motifs is 1. The second kappa shape index (κ2) is 8.49. The molecule has 1 heterocycles. The molecule has 8 heteroatoms. The highest BCUT2D eigenvalue weighted by Crippen LogP contribution is 2.41. The summed E-state index contributed by atoms with van der Waals surface area (Å²) in [5, 5.41) is 28.4. The molecule has 0 aromatic heterocycles. The van der Waals surface area contributed by atoms with Crippen molar-refractivity contribution in [3.8, 4) is 0 Å². The molecule has 1 aliphatic carbocycles. The number of benzene rings is 1. The van der Waals surface area contributed by atoms with Crippen molar-refractivity contribution in [1.29, 1.82) is 0 Å². The van der Waals surface area contributed by atoms with E-state index < -0.39 is 18.6 Å². The molecular formula is C19H28BClN2O4. The summed E-state index contributed by atoms with van der Waals surface area (Å²) >= 11 is 6.10. The van der Waals surface area contributed by atoms with Gasteiger partial charge in [-0.25, -0.2) is 0 Å². The van der Waals surface area contributed by atoms with Crippen LogP contribution in [-0.4, -0.2) is 51.8 Å². The van der Waals surface area contributed by atoms with Gasteiger partial charge in [-0.1, -0.05) is 30.5 Å². The Balaban J connectivity index is 1.64. The molecule has 0 amide bonds. The van der Waals surface area contributed by atoms with E-state index in [4.69, 9.17) is 27.4 Å². The van der Waals surface area contributed by atoms with Crippen molar-refractivity contribution in [3.05, 3.63) is 34.3 Å². The lowest BCUT2D eigenvalue weighted by Crippen LogP contribution is -2.55. The fourth-order valence-electron chi connectivity index (χ4n) is 4.66. The molecule has 1 aromatic carbocycles. The monoisotopic (exact) mass is 394 g/mol. The van der Waals surface area contributed by atoms with E-state index in [1.807, 2.05) is 12.1 Å². The van der Waals surface area contributed by atoms with E-state index in [1.54, 1.807) is 0 Å². The van der Waals surface area contributed by atoms with Crippen molar-refractivity contribution in [2.24, 2.45) is 11.7 Å². The highest BCUT2D eigenvalue weighted by molar-refractivity contribution is 6.40. The van der Waals surface area contributed by atoms with Gasteiger partial charge in [-0.05, 0) is 61.8 Å². The first-order chi connectivity index (χ1) is 12.8. The van der Waals surface area contributed by atoms with E-state index in [0.29, 0.717) is 31.8 Å². The van der Waals surface area contributed by atoms with Crippen LogP contribution in [0.2, 0.25) is 11.3 Å². The van der Waals surface area contributed by atoms with Gasteiger partial charge in [0.05, 0.1) is 0 Å². The number of halogens is 1. The van der Waals surface area contributed by atoms with Gasteiger partial charge in [-0.2, -0.15) is 0 Å². The SMILES string of the molecule is NC(CCCCB(O)O)(C(=O)O)C1CCN(C2CCc3cc(Cl)ccc32)C1. The summed E-state index contributed by atoms with van der Waals surface area (Å²) in [6.07, 6.45) is 4.52. The first-order valence-electron chi connectivity index (χ1n) is 9.72. The highest BCUT2D eigenvalue weighted by Gasteiger charge is 2.46. The number of rotatable bonds is 8. The van der Waals surface area contributed by atoms with Crippen molar-refractivity contribution in [2.75, 3.05) is 13.1 Å². The molecule has 1 aromatic rings. The summed E-state index contributed by atoms with van der Waals surface area (Å²) < 4.78 is 0. The van der Waals surface area contributed by atoms with Crippen LogP contribution in [0.3, 0.4) is 0 Å². The van der Waals surface area contributed by atoms with Crippen LogP contribution in [0.25, 0.3) is 0 Å². The van der Waals surface area contributed by atoms with Crippen LogP contribution >= 0.6 is 11.6 Å². The molecule has 3 atom stereocenters. The van der Waals surface area contributed by atoms with Gasteiger partial charge in [0, 0.05) is 23.5 Å². The smallest absolute Gasteiger partial charge is 0.451 e. The van der Waals surface area contributed by atoms with Gasteiger partial charge in [-0.3, -0.25) is 9.69 Å². The molecule has 6 nitrogen and oxygen atoms in total. The van der Waals surface area contributed by atoms with E-state index in [1.165, 1.54) is 11.1 Å². The Morgan fingerprint density at radius 2 is 2.11 bits per heavy atom. The molecule has 148 valence electrons. The lowest BCUT2D eigenvalue weighted by Gasteiger charge is -2.32. The van der Waals surface area contributed by atoms with Gasteiger partial charge < -0.3 is 20.9 Å². The van der Waals surface area contributed by atoms with Crippen LogP contribution in [0.15, 0.2) is 18.2 Å². The van der Waals surface area contributed by atoms with E-state index in [2.05, 4.69) is 11.0 Å². The Labute approximate surface area is 165 Å². The quantitative estimate of drug-likeness (QED) is 0.397. The number of carboxylic acid groups (broad SMARTS) is 1. The Hall–Kier alpha value is -1.12. The van der Waals surface area contributed by atoms with Crippen LogP contribution < -0.4 is 5.73 Å². The normalized spacial score (nSPS) is 24.6. The molecule has 1 fully saturated rings. The number of hydrogen-bond acceptors (Lipinski definition) is 5. The van der Waals surface area contributed by atoms with Crippen LogP contribution in [-0.2, 0) is 11.2 Å². The minimum Gasteiger partial charge on any atom is -0.480 e. The number of aliphatic carboxylic acids is 1. The minimum atomic E-state index is -1.35. The molecule has 0 bridgehead atoms. The van der Waals surface area contributed by atoms with Crippen molar-refractivity contribution >= 4 is 24.7 Å². The standard InChI is InChI=1S/C19H28BClN2O4/c21-15-4-5-16-13(11-15)3-6-17(16)23-10-7-14(12-23)19(22,18(24)25)8-1-2-9-20(26)27/h4-5,11,14,17,26-27H,1-3,6-10,12,22H2,(H,24,25). The zero-order chi connectivity index (χ0) is 19.6. The van der Waals surface area contributed by atoms with Gasteiger partial charge >= 0.3 is 13.1 Å². The average Bonchev–Trinajstić information content (AvgIpc) is 3.24. The second-order valence-corrected chi connectivity index (χ2v) is 8.39. The molecule has 3 unspecified atom stereocenters. The molecule has 0 radical (unpaired) electrons. The molecule has 3 rings (SSSR count). The zero-order valence-electron chi connectivity index (χ0n) is 15.5. The van der Waals surface area contributed by atoms with Gasteiger partial charge in [0.2, 0.25) is 0 Å². The lowest BCUT2D eigenvalue weighted by atomic mass is 9.77. The summed E-state index contributed by atoms with van der Waals surface area (Å²) in [4.78, 5) is 14.3. The molecule has 1 saturated heterocycles. The summed E-state index contributed by atoms with van der Waals surface area (Å²) in [6, 6.07) is 6.36. The van der Waals surface area contributed by atoms with Crippen LogP contribution in [0.1, 0.15) is 49.3 Å². The summed E-state index contributed by atoms with van der Waals surface area (Å²) in [5.74, 6) is -1.07.